The van der Waals surface area contributed by atoms with Gasteiger partial charge in [0.25, 0.3) is 0 Å². The number of aliphatic hydroxyl groups is 2. The van der Waals surface area contributed by atoms with Crippen LogP contribution in [0.5, 0.6) is 11.5 Å². The SMILES string of the molecule is CC(OC(=O)CC(O)C(=O)OC1=CC[C@@]2(O)[C@H]3Cc4ccc(O)c5c4[C@@]2(CCN3C)[C@H]1O5)C(=O)OC(CC(=O)O)C(=O)O. The smallest absolute Gasteiger partial charge is 0.348 e. The number of hydrogen-bond acceptors (Lipinski definition) is 13. The summed E-state index contributed by atoms with van der Waals surface area (Å²) in [6.45, 7) is 1.64. The summed E-state index contributed by atoms with van der Waals surface area (Å²) < 4.78 is 21.0. The predicted octanol–water partition coefficient (Wildman–Crippen LogP) is -0.633. The lowest BCUT2D eigenvalue weighted by molar-refractivity contribution is -0.179. The highest BCUT2D eigenvalue weighted by Gasteiger charge is 2.72. The van der Waals surface area contributed by atoms with Gasteiger partial charge in [-0.2, -0.15) is 0 Å². The van der Waals surface area contributed by atoms with Crippen LogP contribution in [0.15, 0.2) is 24.0 Å². The first-order valence-electron chi connectivity index (χ1n) is 13.6. The molecule has 1 aromatic carbocycles. The summed E-state index contributed by atoms with van der Waals surface area (Å²) in [6.07, 6.45) is -6.16. The number of phenols is 1. The highest BCUT2D eigenvalue weighted by molar-refractivity contribution is 5.86. The Morgan fingerprint density at radius 1 is 1.12 bits per heavy atom. The summed E-state index contributed by atoms with van der Waals surface area (Å²) in [5.74, 6) is -6.98. The molecule has 5 rings (SSSR count). The number of likely N-dealkylation sites (N-methyl/N-ethyl adjacent to an activating group) is 1. The number of ether oxygens (including phenoxy) is 4. The average Bonchev–Trinajstić information content (AvgIpc) is 3.29. The summed E-state index contributed by atoms with van der Waals surface area (Å²) in [7, 11) is 1.92. The molecular formula is C28H31NO14. The number of esters is 3. The largest absolute Gasteiger partial charge is 0.504 e. The lowest BCUT2D eigenvalue weighted by Gasteiger charge is -2.61. The van der Waals surface area contributed by atoms with Crippen LogP contribution < -0.4 is 4.74 Å². The lowest BCUT2D eigenvalue weighted by Crippen LogP contribution is -2.74. The molecule has 2 aliphatic heterocycles. The van der Waals surface area contributed by atoms with E-state index < -0.39 is 78.1 Å². The Balaban J connectivity index is 1.26. The zero-order valence-electron chi connectivity index (χ0n) is 23.2. The zero-order valence-corrected chi connectivity index (χ0v) is 23.2. The maximum atomic E-state index is 12.9. The topological polar surface area (TPSA) is 227 Å². The number of carbonyl (C=O) groups excluding carboxylic acids is 3. The number of hydrogen-bond donors (Lipinski definition) is 5. The van der Waals surface area contributed by atoms with Gasteiger partial charge in [0.15, 0.2) is 29.8 Å². The maximum Gasteiger partial charge on any atom is 0.348 e. The minimum atomic E-state index is -2.04. The Kier molecular flexibility index (Phi) is 7.61. The number of aliphatic carboxylic acids is 2. The van der Waals surface area contributed by atoms with Crippen molar-refractivity contribution in [1.82, 2.24) is 4.90 Å². The van der Waals surface area contributed by atoms with Gasteiger partial charge in [0.1, 0.15) is 5.76 Å². The van der Waals surface area contributed by atoms with Crippen molar-refractivity contribution in [2.75, 3.05) is 13.6 Å². The van der Waals surface area contributed by atoms with Gasteiger partial charge in [0, 0.05) is 18.0 Å². The Hall–Kier alpha value is -4.21. The molecule has 0 amide bonds. The predicted molar refractivity (Wildman–Crippen MR) is 139 cm³/mol. The fourth-order valence-electron chi connectivity index (χ4n) is 6.73. The molecule has 1 saturated heterocycles. The number of carbonyl (C=O) groups is 5. The Morgan fingerprint density at radius 2 is 1.84 bits per heavy atom. The minimum Gasteiger partial charge on any atom is -0.504 e. The van der Waals surface area contributed by atoms with Crippen LogP contribution in [0.1, 0.15) is 43.7 Å². The molecule has 2 aliphatic carbocycles. The average molecular weight is 606 g/mol. The highest BCUT2D eigenvalue weighted by Crippen LogP contribution is 2.65. The molecular weight excluding hydrogens is 574 g/mol. The van der Waals surface area contributed by atoms with E-state index in [1.54, 1.807) is 6.07 Å². The molecule has 1 aromatic rings. The second-order valence-electron chi connectivity index (χ2n) is 11.2. The number of carboxylic acid groups (broad SMARTS) is 2. The van der Waals surface area contributed by atoms with Gasteiger partial charge in [0.05, 0.1) is 23.9 Å². The van der Waals surface area contributed by atoms with E-state index in [1.165, 1.54) is 12.1 Å². The van der Waals surface area contributed by atoms with Crippen LogP contribution in [0, 0.1) is 0 Å². The number of nitrogens with zero attached hydrogens (tertiary/aromatic N) is 1. The minimum absolute atomic E-state index is 0.00364. The van der Waals surface area contributed by atoms with E-state index in [-0.39, 0.29) is 29.7 Å². The van der Waals surface area contributed by atoms with Crippen molar-refractivity contribution in [2.45, 2.75) is 80.5 Å². The molecule has 5 N–H and O–H groups in total. The summed E-state index contributed by atoms with van der Waals surface area (Å²) in [5, 5.41) is 50.9. The Morgan fingerprint density at radius 3 is 2.51 bits per heavy atom. The number of carboxylic acids is 2. The molecule has 0 radical (unpaired) electrons. The van der Waals surface area contributed by atoms with Gasteiger partial charge in [0.2, 0.25) is 6.10 Å². The maximum absolute atomic E-state index is 12.9. The van der Waals surface area contributed by atoms with E-state index in [2.05, 4.69) is 9.64 Å². The number of piperidine rings is 1. The van der Waals surface area contributed by atoms with Crippen LogP contribution in [-0.4, -0.2) is 110 Å². The normalized spacial score (nSPS) is 28.7. The van der Waals surface area contributed by atoms with Gasteiger partial charge in [-0.3, -0.25) is 9.59 Å². The Labute approximate surface area is 244 Å². The van der Waals surface area contributed by atoms with Crippen molar-refractivity contribution < 1.29 is 68.5 Å². The third kappa shape index (κ3) is 4.86. The molecule has 0 saturated carbocycles. The van der Waals surface area contributed by atoms with E-state index in [9.17, 15) is 39.3 Å². The van der Waals surface area contributed by atoms with Crippen molar-refractivity contribution in [3.05, 3.63) is 35.1 Å². The van der Waals surface area contributed by atoms with Crippen LogP contribution in [-0.2, 0) is 50.0 Å². The molecule has 4 aliphatic rings. The highest BCUT2D eigenvalue weighted by atomic mass is 16.6. The fraction of sp³-hybridized carbons (Fsp3) is 0.536. The van der Waals surface area contributed by atoms with Crippen LogP contribution >= 0.6 is 0 Å². The molecule has 2 heterocycles. The number of likely N-dealkylation sites (tertiary alicyclic amines) is 1. The third-order valence-electron chi connectivity index (χ3n) is 8.74. The molecule has 232 valence electrons. The molecule has 15 nitrogen and oxygen atoms in total. The standard InChI is InChI=1S/C28H31NO14/c1-12(25(37)42-17(24(35)36)11-19(32)33)40-20(34)10-15(31)26(38)41-16-5-6-28(39)18-9-13-3-4-14(30)22-21(13)27(28,23(16)43-22)7-8-29(18)2/h3-5,12,15,17-18,23,30-31,39H,6-11H2,1-2H3,(H,32,33)(H,35,36)/t12?,15?,17?,18-,23+,27+,28-/m1/s1. The number of aliphatic hydroxyl groups excluding tert-OH is 1. The third-order valence-corrected chi connectivity index (χ3v) is 8.74. The van der Waals surface area contributed by atoms with Gasteiger partial charge >= 0.3 is 29.8 Å². The van der Waals surface area contributed by atoms with Crippen molar-refractivity contribution in [3.8, 4) is 11.5 Å². The number of benzene rings is 1. The molecule has 43 heavy (non-hydrogen) atoms. The summed E-state index contributed by atoms with van der Waals surface area (Å²) >= 11 is 0. The van der Waals surface area contributed by atoms with Gasteiger partial charge in [-0.15, -0.1) is 0 Å². The van der Waals surface area contributed by atoms with E-state index >= 15 is 0 Å². The van der Waals surface area contributed by atoms with Gasteiger partial charge in [-0.1, -0.05) is 6.07 Å². The van der Waals surface area contributed by atoms with Crippen molar-refractivity contribution in [1.29, 1.82) is 0 Å². The van der Waals surface area contributed by atoms with Gasteiger partial charge < -0.3 is 49.4 Å². The second-order valence-corrected chi connectivity index (χ2v) is 11.2. The fourth-order valence-corrected chi connectivity index (χ4v) is 6.73. The van der Waals surface area contributed by atoms with Crippen molar-refractivity contribution >= 4 is 29.8 Å². The summed E-state index contributed by atoms with van der Waals surface area (Å²) in [6, 6.07) is 3.03. The lowest BCUT2D eigenvalue weighted by atomic mass is 9.50. The molecule has 2 bridgehead atoms. The van der Waals surface area contributed by atoms with Crippen molar-refractivity contribution in [3.63, 3.8) is 0 Å². The first kappa shape index (κ1) is 30.3. The molecule has 3 unspecified atom stereocenters. The van der Waals surface area contributed by atoms with E-state index in [0.29, 0.717) is 24.9 Å². The first-order valence-corrected chi connectivity index (χ1v) is 13.6. The van der Waals surface area contributed by atoms with Gasteiger partial charge in [-0.25, -0.2) is 14.4 Å². The quantitative estimate of drug-likeness (QED) is 0.165. The van der Waals surface area contributed by atoms with E-state index in [1.807, 2.05) is 7.05 Å². The molecule has 7 atom stereocenters. The molecule has 15 heteroatoms. The van der Waals surface area contributed by atoms with E-state index in [0.717, 1.165) is 12.5 Å². The molecule has 1 fully saturated rings. The van der Waals surface area contributed by atoms with Gasteiger partial charge in [-0.05, 0) is 51.1 Å². The van der Waals surface area contributed by atoms with Crippen molar-refractivity contribution in [2.24, 2.45) is 0 Å². The van der Waals surface area contributed by atoms with Crippen LogP contribution in [0.2, 0.25) is 0 Å². The number of aromatic hydroxyl groups is 1. The van der Waals surface area contributed by atoms with Crippen LogP contribution in [0.25, 0.3) is 0 Å². The number of phenolic OH excluding ortho intramolecular Hbond substituents is 1. The van der Waals surface area contributed by atoms with E-state index in [4.69, 9.17) is 24.4 Å². The monoisotopic (exact) mass is 605 g/mol. The Bertz CT molecular complexity index is 1420. The molecule has 1 spiro atoms. The summed E-state index contributed by atoms with van der Waals surface area (Å²) in [4.78, 5) is 61.2. The van der Waals surface area contributed by atoms with Crippen LogP contribution in [0.3, 0.4) is 0 Å². The second kappa shape index (κ2) is 10.8. The van der Waals surface area contributed by atoms with Crippen LogP contribution in [0.4, 0.5) is 0 Å². The summed E-state index contributed by atoms with van der Waals surface area (Å²) in [5.41, 5.74) is -0.768. The zero-order chi connectivity index (χ0) is 31.4. The first-order chi connectivity index (χ1) is 20.2. The number of rotatable bonds is 10. The molecule has 0 aromatic heterocycles.